The molecule has 1 N–H and O–H groups in total. The van der Waals surface area contributed by atoms with Gasteiger partial charge in [-0.3, -0.25) is 4.79 Å². The third kappa shape index (κ3) is 4.11. The maximum absolute atomic E-state index is 12.3. The van der Waals surface area contributed by atoms with E-state index in [1.807, 2.05) is 25.4 Å². The van der Waals surface area contributed by atoms with E-state index in [1.54, 1.807) is 36.9 Å². The van der Waals surface area contributed by atoms with Crippen molar-refractivity contribution in [3.63, 3.8) is 0 Å². The highest BCUT2D eigenvalue weighted by atomic mass is 16.5. The van der Waals surface area contributed by atoms with E-state index < -0.39 is 0 Å². The number of rotatable bonds is 7. The summed E-state index contributed by atoms with van der Waals surface area (Å²) in [7, 11) is 3.12. The minimum Gasteiger partial charge on any atom is -0.497 e. The number of hydrogen-bond donors (Lipinski definition) is 1. The molecule has 2 heterocycles. The number of amides is 1. The Hall–Kier alpha value is -3.09. The summed E-state index contributed by atoms with van der Waals surface area (Å²) in [6.45, 7) is 2.51. The number of ether oxygens (including phenoxy) is 2. The number of aryl methyl sites for hydroxylation is 2. The van der Waals surface area contributed by atoms with E-state index in [2.05, 4.69) is 15.4 Å². The molecule has 1 aromatic carbocycles. The molecule has 0 aliphatic heterocycles. The lowest BCUT2D eigenvalue weighted by Gasteiger charge is -2.09. The Morgan fingerprint density at radius 2 is 1.88 bits per heavy atom. The highest BCUT2D eigenvalue weighted by molar-refractivity contribution is 5.95. The van der Waals surface area contributed by atoms with Crippen LogP contribution in [0.4, 0.5) is 0 Å². The van der Waals surface area contributed by atoms with E-state index in [0.29, 0.717) is 23.6 Å². The molecule has 0 unspecified atom stereocenters. The number of carbonyl (C=O) groups excluding carboxylic acids is 1. The maximum Gasteiger partial charge on any atom is 0.251 e. The summed E-state index contributed by atoms with van der Waals surface area (Å²) < 4.78 is 12.2. The first-order chi connectivity index (χ1) is 12.6. The first-order valence-electron chi connectivity index (χ1n) is 8.41. The molecular weight excluding hydrogens is 332 g/mol. The van der Waals surface area contributed by atoms with Crippen LogP contribution >= 0.6 is 0 Å². The van der Waals surface area contributed by atoms with E-state index in [-0.39, 0.29) is 5.91 Å². The minimum atomic E-state index is -0.154. The normalized spacial score (nSPS) is 10.7. The quantitative estimate of drug-likeness (QED) is 0.659. The first kappa shape index (κ1) is 17.7. The summed E-state index contributed by atoms with van der Waals surface area (Å²) in [6, 6.07) is 7.05. The van der Waals surface area contributed by atoms with E-state index in [0.717, 1.165) is 29.7 Å². The third-order valence-electron chi connectivity index (χ3n) is 4.03. The molecule has 0 spiro atoms. The average Bonchev–Trinajstić information content (AvgIpc) is 3.03. The molecule has 7 nitrogen and oxygen atoms in total. The van der Waals surface area contributed by atoms with Crippen molar-refractivity contribution in [2.45, 2.75) is 19.8 Å². The monoisotopic (exact) mass is 354 g/mol. The van der Waals surface area contributed by atoms with Crippen molar-refractivity contribution in [2.24, 2.45) is 0 Å². The SMILES string of the molecule is COc1cc(OC)cc(C(=O)NCCCc2cnc3cc(C)nn3c2)c1. The van der Waals surface area contributed by atoms with Gasteiger partial charge in [-0.05, 0) is 37.5 Å². The molecule has 0 aliphatic rings. The zero-order valence-electron chi connectivity index (χ0n) is 15.2. The molecule has 0 aliphatic carbocycles. The van der Waals surface area contributed by atoms with Crippen LogP contribution in [0, 0.1) is 6.92 Å². The number of methoxy groups -OCH3 is 2. The van der Waals surface area contributed by atoms with Gasteiger partial charge in [0.1, 0.15) is 11.5 Å². The molecule has 0 saturated heterocycles. The molecule has 3 rings (SSSR count). The Bertz CT molecular complexity index is 898. The smallest absolute Gasteiger partial charge is 0.251 e. The van der Waals surface area contributed by atoms with Gasteiger partial charge in [-0.2, -0.15) is 5.10 Å². The van der Waals surface area contributed by atoms with Crippen molar-refractivity contribution in [3.8, 4) is 11.5 Å². The Balaban J connectivity index is 1.54. The van der Waals surface area contributed by atoms with Crippen molar-refractivity contribution in [1.82, 2.24) is 19.9 Å². The molecule has 0 radical (unpaired) electrons. The van der Waals surface area contributed by atoms with E-state index in [4.69, 9.17) is 9.47 Å². The van der Waals surface area contributed by atoms with Crippen LogP contribution in [0.3, 0.4) is 0 Å². The van der Waals surface area contributed by atoms with E-state index in [1.165, 1.54) is 0 Å². The second-order valence-corrected chi connectivity index (χ2v) is 6.01. The predicted molar refractivity (Wildman–Crippen MR) is 97.9 cm³/mol. The van der Waals surface area contributed by atoms with Crippen LogP contribution in [-0.2, 0) is 6.42 Å². The first-order valence-corrected chi connectivity index (χ1v) is 8.41. The summed E-state index contributed by atoms with van der Waals surface area (Å²) in [5, 5.41) is 7.28. The van der Waals surface area contributed by atoms with Crippen molar-refractivity contribution in [2.75, 3.05) is 20.8 Å². The highest BCUT2D eigenvalue weighted by Crippen LogP contribution is 2.22. The Labute approximate surface area is 152 Å². The molecular formula is C19H22N4O3. The second kappa shape index (κ2) is 7.86. The van der Waals surface area contributed by atoms with Crippen LogP contribution in [0.2, 0.25) is 0 Å². The molecule has 0 bridgehead atoms. The fourth-order valence-electron chi connectivity index (χ4n) is 2.70. The molecule has 2 aromatic heterocycles. The summed E-state index contributed by atoms with van der Waals surface area (Å²) in [5.41, 5.74) is 3.37. The van der Waals surface area contributed by atoms with Gasteiger partial charge in [-0.15, -0.1) is 0 Å². The van der Waals surface area contributed by atoms with Gasteiger partial charge in [0.15, 0.2) is 5.65 Å². The number of nitrogens with zero attached hydrogens (tertiary/aromatic N) is 3. The molecule has 0 saturated carbocycles. The van der Waals surface area contributed by atoms with Crippen LogP contribution in [0.25, 0.3) is 5.65 Å². The summed E-state index contributed by atoms with van der Waals surface area (Å²) in [6.07, 6.45) is 5.44. The standard InChI is InChI=1S/C19H22N4O3/c1-13-7-18-21-11-14(12-23(18)22-13)5-4-6-20-19(24)15-8-16(25-2)10-17(9-15)26-3/h7-12H,4-6H2,1-3H3,(H,20,24). The predicted octanol–water partition coefficient (Wildman–Crippen LogP) is 2.42. The van der Waals surface area contributed by atoms with Crippen LogP contribution in [0.15, 0.2) is 36.7 Å². The van der Waals surface area contributed by atoms with Gasteiger partial charge in [0.25, 0.3) is 5.91 Å². The fourth-order valence-corrected chi connectivity index (χ4v) is 2.70. The lowest BCUT2D eigenvalue weighted by molar-refractivity contribution is 0.0952. The zero-order chi connectivity index (χ0) is 18.5. The summed E-state index contributed by atoms with van der Waals surface area (Å²) in [4.78, 5) is 16.7. The Kier molecular flexibility index (Phi) is 5.36. The van der Waals surface area contributed by atoms with Crippen LogP contribution in [-0.4, -0.2) is 41.3 Å². The number of nitrogens with one attached hydrogen (secondary N) is 1. The van der Waals surface area contributed by atoms with Gasteiger partial charge in [0.2, 0.25) is 0 Å². The van der Waals surface area contributed by atoms with Crippen molar-refractivity contribution >= 4 is 11.6 Å². The molecule has 1 amide bonds. The lowest BCUT2D eigenvalue weighted by Crippen LogP contribution is -2.24. The summed E-state index contributed by atoms with van der Waals surface area (Å²) >= 11 is 0. The number of benzene rings is 1. The lowest BCUT2D eigenvalue weighted by atomic mass is 10.1. The maximum atomic E-state index is 12.3. The van der Waals surface area contributed by atoms with Crippen LogP contribution in [0.1, 0.15) is 28.0 Å². The van der Waals surface area contributed by atoms with Crippen molar-refractivity contribution in [3.05, 3.63) is 53.5 Å². The number of fused-ring (bicyclic) bond motifs is 1. The van der Waals surface area contributed by atoms with Gasteiger partial charge in [-0.1, -0.05) is 0 Å². The van der Waals surface area contributed by atoms with E-state index in [9.17, 15) is 4.79 Å². The van der Waals surface area contributed by atoms with Crippen molar-refractivity contribution < 1.29 is 14.3 Å². The van der Waals surface area contributed by atoms with Gasteiger partial charge < -0.3 is 14.8 Å². The van der Waals surface area contributed by atoms with Crippen molar-refractivity contribution in [1.29, 1.82) is 0 Å². The van der Waals surface area contributed by atoms with Gasteiger partial charge in [0, 0.05) is 36.6 Å². The molecule has 136 valence electrons. The molecule has 0 fully saturated rings. The zero-order valence-corrected chi connectivity index (χ0v) is 15.2. The van der Waals surface area contributed by atoms with E-state index >= 15 is 0 Å². The van der Waals surface area contributed by atoms with Gasteiger partial charge >= 0.3 is 0 Å². The fraction of sp³-hybridized carbons (Fsp3) is 0.316. The topological polar surface area (TPSA) is 77.8 Å². The Morgan fingerprint density at radius 1 is 1.15 bits per heavy atom. The molecule has 26 heavy (non-hydrogen) atoms. The van der Waals surface area contributed by atoms with Gasteiger partial charge in [0.05, 0.1) is 19.9 Å². The summed E-state index contributed by atoms with van der Waals surface area (Å²) in [5.74, 6) is 1.02. The van der Waals surface area contributed by atoms with Crippen LogP contribution < -0.4 is 14.8 Å². The third-order valence-corrected chi connectivity index (χ3v) is 4.03. The molecule has 7 heteroatoms. The van der Waals surface area contributed by atoms with Gasteiger partial charge in [-0.25, -0.2) is 9.50 Å². The molecule has 0 atom stereocenters. The second-order valence-electron chi connectivity index (χ2n) is 6.01. The largest absolute Gasteiger partial charge is 0.497 e. The minimum absolute atomic E-state index is 0.154. The van der Waals surface area contributed by atoms with Crippen LogP contribution in [0.5, 0.6) is 11.5 Å². The number of aromatic nitrogens is 3. The number of carbonyl (C=O) groups is 1. The molecule has 3 aromatic rings. The highest BCUT2D eigenvalue weighted by Gasteiger charge is 2.09. The average molecular weight is 354 g/mol. The Morgan fingerprint density at radius 3 is 2.58 bits per heavy atom. The number of hydrogen-bond acceptors (Lipinski definition) is 5.